The van der Waals surface area contributed by atoms with Crippen molar-refractivity contribution in [3.05, 3.63) is 59.9 Å². The molecule has 1 aromatic heterocycles. The van der Waals surface area contributed by atoms with E-state index in [2.05, 4.69) is 6.07 Å². The molecule has 0 fully saturated rings. The SMILES string of the molecule is CC(=O)c1cccn1Cc1[c]cccc1. The number of hydrogen-bond donors (Lipinski definition) is 0. The average molecular weight is 198 g/mol. The summed E-state index contributed by atoms with van der Waals surface area (Å²) >= 11 is 0. The number of carbonyl (C=O) groups excluding carboxylic acids is 1. The summed E-state index contributed by atoms with van der Waals surface area (Å²) in [5, 5.41) is 0. The first-order valence-corrected chi connectivity index (χ1v) is 4.89. The summed E-state index contributed by atoms with van der Waals surface area (Å²) < 4.78 is 1.94. The third kappa shape index (κ3) is 2.15. The Morgan fingerprint density at radius 1 is 1.33 bits per heavy atom. The third-order valence-electron chi connectivity index (χ3n) is 2.30. The summed E-state index contributed by atoms with van der Waals surface area (Å²) in [6.45, 7) is 2.28. The predicted octanol–water partition coefficient (Wildman–Crippen LogP) is 2.54. The molecule has 2 rings (SSSR count). The molecular weight excluding hydrogens is 186 g/mol. The van der Waals surface area contributed by atoms with E-state index in [-0.39, 0.29) is 5.78 Å². The van der Waals surface area contributed by atoms with Gasteiger partial charge in [-0.1, -0.05) is 24.3 Å². The summed E-state index contributed by atoms with van der Waals surface area (Å²) in [5.74, 6) is 0.0935. The minimum absolute atomic E-state index is 0.0935. The normalized spacial score (nSPS) is 10.2. The fourth-order valence-electron chi connectivity index (χ4n) is 1.58. The van der Waals surface area contributed by atoms with Crippen molar-refractivity contribution in [1.82, 2.24) is 4.57 Å². The molecule has 0 saturated heterocycles. The zero-order valence-electron chi connectivity index (χ0n) is 8.60. The van der Waals surface area contributed by atoms with Gasteiger partial charge < -0.3 is 4.57 Å². The van der Waals surface area contributed by atoms with E-state index in [9.17, 15) is 4.79 Å². The van der Waals surface area contributed by atoms with Crippen molar-refractivity contribution in [2.45, 2.75) is 13.5 Å². The molecule has 1 heterocycles. The quantitative estimate of drug-likeness (QED) is 0.695. The molecule has 0 amide bonds. The fourth-order valence-corrected chi connectivity index (χ4v) is 1.58. The molecule has 2 nitrogen and oxygen atoms in total. The molecule has 15 heavy (non-hydrogen) atoms. The first-order valence-electron chi connectivity index (χ1n) is 4.89. The maximum atomic E-state index is 11.3. The van der Waals surface area contributed by atoms with Crippen molar-refractivity contribution in [3.63, 3.8) is 0 Å². The van der Waals surface area contributed by atoms with Crippen molar-refractivity contribution in [3.8, 4) is 0 Å². The molecule has 1 aromatic carbocycles. The number of ketones is 1. The van der Waals surface area contributed by atoms with Gasteiger partial charge in [-0.3, -0.25) is 4.79 Å². The van der Waals surface area contributed by atoms with Gasteiger partial charge in [0, 0.05) is 19.7 Å². The number of benzene rings is 1. The van der Waals surface area contributed by atoms with Gasteiger partial charge in [0.15, 0.2) is 5.78 Å². The molecule has 0 bridgehead atoms. The van der Waals surface area contributed by atoms with E-state index < -0.39 is 0 Å². The smallest absolute Gasteiger partial charge is 0.176 e. The van der Waals surface area contributed by atoms with Gasteiger partial charge in [0.2, 0.25) is 0 Å². The number of rotatable bonds is 3. The van der Waals surface area contributed by atoms with E-state index in [0.717, 1.165) is 11.3 Å². The number of aromatic nitrogens is 1. The molecule has 2 aromatic rings. The molecule has 0 unspecified atom stereocenters. The highest BCUT2D eigenvalue weighted by atomic mass is 16.1. The number of nitrogens with zero attached hydrogens (tertiary/aromatic N) is 1. The van der Waals surface area contributed by atoms with Crippen LogP contribution in [0.2, 0.25) is 0 Å². The lowest BCUT2D eigenvalue weighted by atomic mass is 10.2. The van der Waals surface area contributed by atoms with Crippen LogP contribution < -0.4 is 0 Å². The highest BCUT2D eigenvalue weighted by molar-refractivity contribution is 5.92. The Bertz CT molecular complexity index is 456. The zero-order valence-corrected chi connectivity index (χ0v) is 8.60. The molecule has 0 N–H and O–H groups in total. The molecule has 75 valence electrons. The van der Waals surface area contributed by atoms with Crippen LogP contribution in [0.5, 0.6) is 0 Å². The molecule has 0 saturated carbocycles. The highest BCUT2D eigenvalue weighted by Gasteiger charge is 2.05. The van der Waals surface area contributed by atoms with Gasteiger partial charge in [0.05, 0.1) is 5.69 Å². The summed E-state index contributed by atoms with van der Waals surface area (Å²) in [6, 6.07) is 14.7. The monoisotopic (exact) mass is 198 g/mol. The molecule has 0 atom stereocenters. The predicted molar refractivity (Wildman–Crippen MR) is 58.8 cm³/mol. The van der Waals surface area contributed by atoms with Crippen molar-refractivity contribution in [2.24, 2.45) is 0 Å². The van der Waals surface area contributed by atoms with Gasteiger partial charge in [-0.2, -0.15) is 0 Å². The van der Waals surface area contributed by atoms with Crippen molar-refractivity contribution in [1.29, 1.82) is 0 Å². The minimum Gasteiger partial charge on any atom is -0.341 e. The molecule has 1 radical (unpaired) electrons. The first-order chi connectivity index (χ1) is 7.27. The molecule has 0 aliphatic heterocycles. The van der Waals surface area contributed by atoms with Crippen LogP contribution in [0.25, 0.3) is 0 Å². The van der Waals surface area contributed by atoms with Gasteiger partial charge in [0.1, 0.15) is 0 Å². The maximum Gasteiger partial charge on any atom is 0.176 e. The minimum atomic E-state index is 0.0935. The molecule has 0 aliphatic carbocycles. The van der Waals surface area contributed by atoms with Gasteiger partial charge in [-0.25, -0.2) is 0 Å². The summed E-state index contributed by atoms with van der Waals surface area (Å²) in [4.78, 5) is 11.3. The third-order valence-corrected chi connectivity index (χ3v) is 2.30. The molecular formula is C13H12NO. The van der Waals surface area contributed by atoms with Crippen LogP contribution in [0.1, 0.15) is 23.0 Å². The van der Waals surface area contributed by atoms with Crippen molar-refractivity contribution >= 4 is 5.78 Å². The van der Waals surface area contributed by atoms with Crippen LogP contribution in [-0.2, 0) is 6.54 Å². The molecule has 2 heteroatoms. The lowest BCUT2D eigenvalue weighted by Crippen LogP contribution is -2.06. The Labute approximate surface area is 89.2 Å². The van der Waals surface area contributed by atoms with E-state index in [1.54, 1.807) is 6.92 Å². The Morgan fingerprint density at radius 3 is 2.87 bits per heavy atom. The molecule has 0 spiro atoms. The van der Waals surface area contributed by atoms with E-state index in [1.807, 2.05) is 47.2 Å². The second kappa shape index (κ2) is 4.13. The average Bonchev–Trinajstić information content (AvgIpc) is 2.67. The van der Waals surface area contributed by atoms with Crippen molar-refractivity contribution < 1.29 is 4.79 Å². The Hall–Kier alpha value is -1.83. The van der Waals surface area contributed by atoms with E-state index in [4.69, 9.17) is 0 Å². The Balaban J connectivity index is 2.25. The molecule has 0 aliphatic rings. The standard InChI is InChI=1S/C13H12NO/c1-11(15)13-8-5-9-14(13)10-12-6-3-2-4-7-12/h2-6,8-9H,10H2,1H3. The van der Waals surface area contributed by atoms with E-state index in [0.29, 0.717) is 6.54 Å². The lowest BCUT2D eigenvalue weighted by Gasteiger charge is -2.06. The van der Waals surface area contributed by atoms with E-state index in [1.165, 1.54) is 0 Å². The van der Waals surface area contributed by atoms with Crippen LogP contribution in [0.3, 0.4) is 0 Å². The van der Waals surface area contributed by atoms with Gasteiger partial charge in [0.25, 0.3) is 0 Å². The van der Waals surface area contributed by atoms with E-state index >= 15 is 0 Å². The number of Topliss-reactive ketones (excluding diaryl/α,β-unsaturated/α-hetero) is 1. The lowest BCUT2D eigenvalue weighted by molar-refractivity contribution is 0.100. The van der Waals surface area contributed by atoms with Crippen LogP contribution in [0.15, 0.2) is 42.6 Å². The second-order valence-electron chi connectivity index (χ2n) is 3.47. The first kappa shape index (κ1) is 9.71. The van der Waals surface area contributed by atoms with Crippen molar-refractivity contribution in [2.75, 3.05) is 0 Å². The Morgan fingerprint density at radius 2 is 2.20 bits per heavy atom. The van der Waals surface area contributed by atoms with Gasteiger partial charge in [-0.15, -0.1) is 0 Å². The zero-order chi connectivity index (χ0) is 10.7. The number of hydrogen-bond acceptors (Lipinski definition) is 1. The maximum absolute atomic E-state index is 11.3. The van der Waals surface area contributed by atoms with Gasteiger partial charge >= 0.3 is 0 Å². The van der Waals surface area contributed by atoms with Crippen LogP contribution in [0.4, 0.5) is 0 Å². The summed E-state index contributed by atoms with van der Waals surface area (Å²) in [6.07, 6.45) is 1.91. The fraction of sp³-hybridized carbons (Fsp3) is 0.154. The number of carbonyl (C=O) groups is 1. The van der Waals surface area contributed by atoms with Crippen LogP contribution in [0, 0.1) is 6.07 Å². The van der Waals surface area contributed by atoms with Gasteiger partial charge in [-0.05, 0) is 23.8 Å². The topological polar surface area (TPSA) is 22.0 Å². The second-order valence-corrected chi connectivity index (χ2v) is 3.47. The highest BCUT2D eigenvalue weighted by Crippen LogP contribution is 2.07. The summed E-state index contributed by atoms with van der Waals surface area (Å²) in [7, 11) is 0. The van der Waals surface area contributed by atoms with Crippen LogP contribution in [-0.4, -0.2) is 10.4 Å². The van der Waals surface area contributed by atoms with Crippen LogP contribution >= 0.6 is 0 Å². The summed E-state index contributed by atoms with van der Waals surface area (Å²) in [5.41, 5.74) is 1.82. The Kier molecular flexibility index (Phi) is 2.68. The largest absolute Gasteiger partial charge is 0.341 e.